The van der Waals surface area contributed by atoms with E-state index in [2.05, 4.69) is 16.4 Å². The van der Waals surface area contributed by atoms with Crippen molar-refractivity contribution in [3.05, 3.63) is 114 Å². The van der Waals surface area contributed by atoms with Gasteiger partial charge in [-0.1, -0.05) is 48.5 Å². The number of nitrogens with one attached hydrogen (secondary N) is 1. The second-order valence-electron chi connectivity index (χ2n) is 10.2. The first-order valence-corrected chi connectivity index (χ1v) is 15.3. The predicted octanol–water partition coefficient (Wildman–Crippen LogP) is 5.41. The van der Waals surface area contributed by atoms with Gasteiger partial charge in [0, 0.05) is 36.3 Å². The molecule has 216 valence electrons. The van der Waals surface area contributed by atoms with Crippen molar-refractivity contribution in [2.75, 3.05) is 6.54 Å². The lowest BCUT2D eigenvalue weighted by Gasteiger charge is -2.22. The normalized spacial score (nSPS) is 15.3. The van der Waals surface area contributed by atoms with Crippen LogP contribution in [0.4, 0.5) is 0 Å². The summed E-state index contributed by atoms with van der Waals surface area (Å²) in [5.41, 5.74) is 4.04. The maximum atomic E-state index is 13.4. The van der Waals surface area contributed by atoms with Gasteiger partial charge in [-0.15, -0.1) is 0 Å². The Kier molecular flexibility index (Phi) is 7.92. The highest BCUT2D eigenvalue weighted by Gasteiger charge is 2.41. The Labute approximate surface area is 249 Å². The van der Waals surface area contributed by atoms with Crippen LogP contribution in [0.3, 0.4) is 0 Å². The molecule has 0 unspecified atom stereocenters. The lowest BCUT2D eigenvalue weighted by molar-refractivity contribution is -0.124. The molecule has 1 amide bonds. The number of ether oxygens (including phenoxy) is 1. The number of amides is 1. The molecule has 3 aromatic carbocycles. The van der Waals surface area contributed by atoms with Crippen LogP contribution in [0, 0.1) is 11.3 Å². The number of rotatable bonds is 9. The van der Waals surface area contributed by atoms with Crippen LogP contribution in [0.1, 0.15) is 29.5 Å². The zero-order valence-electron chi connectivity index (χ0n) is 23.1. The summed E-state index contributed by atoms with van der Waals surface area (Å²) in [6.45, 7) is 0.745. The number of para-hydroxylation sites is 1. The number of pyridine rings is 1. The third kappa shape index (κ3) is 6.00. The first-order valence-electron chi connectivity index (χ1n) is 13.9. The molecule has 1 atom stereocenters. The van der Waals surface area contributed by atoms with Crippen molar-refractivity contribution < 1.29 is 22.4 Å². The van der Waals surface area contributed by atoms with Gasteiger partial charge < -0.3 is 14.5 Å². The zero-order valence-corrected chi connectivity index (χ0v) is 24.0. The van der Waals surface area contributed by atoms with Crippen molar-refractivity contribution in [3.63, 3.8) is 0 Å². The number of carbonyl (C=O) groups excluding carboxylic acids is 1. The predicted molar refractivity (Wildman–Crippen MR) is 160 cm³/mol. The Morgan fingerprint density at radius 1 is 1.02 bits per heavy atom. The molecule has 1 aliphatic heterocycles. The zero-order chi connectivity index (χ0) is 29.8. The van der Waals surface area contributed by atoms with E-state index in [1.807, 2.05) is 42.5 Å². The van der Waals surface area contributed by atoms with Gasteiger partial charge in [-0.05, 0) is 60.4 Å². The molecule has 1 fully saturated rings. The summed E-state index contributed by atoms with van der Waals surface area (Å²) in [7, 11) is -4.00. The van der Waals surface area contributed by atoms with Gasteiger partial charge in [-0.2, -0.15) is 9.57 Å². The van der Waals surface area contributed by atoms with Crippen LogP contribution in [0.15, 0.2) is 107 Å². The fraction of sp³-hybridized carbons (Fsp3) is 0.182. The molecule has 1 N–H and O–H groups in total. The van der Waals surface area contributed by atoms with Gasteiger partial charge in [0.1, 0.15) is 24.0 Å². The van der Waals surface area contributed by atoms with Gasteiger partial charge in [-0.3, -0.25) is 9.78 Å². The second kappa shape index (κ2) is 12.1. The van der Waals surface area contributed by atoms with Gasteiger partial charge in [0.2, 0.25) is 11.0 Å². The Hall–Kier alpha value is -4.98. The topological polar surface area (TPSA) is 126 Å². The molecule has 9 nitrogen and oxygen atoms in total. The fourth-order valence-corrected chi connectivity index (χ4v) is 6.79. The number of aromatic nitrogens is 1. The third-order valence-corrected chi connectivity index (χ3v) is 9.15. The molecule has 6 rings (SSSR count). The Bertz CT molecular complexity index is 1900. The van der Waals surface area contributed by atoms with Crippen molar-refractivity contribution >= 4 is 26.9 Å². The van der Waals surface area contributed by atoms with E-state index in [9.17, 15) is 18.5 Å². The van der Waals surface area contributed by atoms with Crippen LogP contribution in [0.25, 0.3) is 22.2 Å². The Morgan fingerprint density at radius 2 is 1.84 bits per heavy atom. The molecule has 0 bridgehead atoms. The van der Waals surface area contributed by atoms with Gasteiger partial charge in [0.05, 0.1) is 17.3 Å². The summed E-state index contributed by atoms with van der Waals surface area (Å²) in [6, 6.07) is 28.4. The van der Waals surface area contributed by atoms with E-state index >= 15 is 0 Å². The number of hydrogen-bond donors (Lipinski definition) is 1. The molecule has 0 saturated carbocycles. The number of sulfonamides is 1. The summed E-state index contributed by atoms with van der Waals surface area (Å²) in [5.74, 6) is 0.148. The first kappa shape index (κ1) is 28.2. The van der Waals surface area contributed by atoms with Crippen LogP contribution in [0.5, 0.6) is 5.75 Å². The lowest BCUT2D eigenvalue weighted by Crippen LogP contribution is -2.45. The van der Waals surface area contributed by atoms with E-state index in [1.54, 1.807) is 48.7 Å². The molecule has 3 heterocycles. The largest absolute Gasteiger partial charge is 0.488 e. The summed E-state index contributed by atoms with van der Waals surface area (Å²) in [6.07, 6.45) is 2.63. The minimum Gasteiger partial charge on any atom is -0.488 e. The number of nitriles is 1. The number of furan rings is 1. The van der Waals surface area contributed by atoms with E-state index < -0.39 is 16.1 Å². The van der Waals surface area contributed by atoms with Gasteiger partial charge in [0.25, 0.3) is 10.0 Å². The van der Waals surface area contributed by atoms with Gasteiger partial charge in [0.15, 0.2) is 0 Å². The summed E-state index contributed by atoms with van der Waals surface area (Å²) in [5, 5.41) is 12.8. The van der Waals surface area contributed by atoms with E-state index in [-0.39, 0.29) is 24.1 Å². The van der Waals surface area contributed by atoms with Crippen LogP contribution in [-0.2, 0) is 28.0 Å². The number of nitrogens with zero attached hydrogens (tertiary/aromatic N) is 3. The molecular weight excluding hydrogens is 564 g/mol. The van der Waals surface area contributed by atoms with Crippen molar-refractivity contribution in [3.8, 4) is 23.1 Å². The number of benzene rings is 3. The monoisotopic (exact) mass is 592 g/mol. The summed E-state index contributed by atoms with van der Waals surface area (Å²) < 4.78 is 39.8. The average molecular weight is 593 g/mol. The summed E-state index contributed by atoms with van der Waals surface area (Å²) in [4.78, 5) is 17.8. The van der Waals surface area contributed by atoms with Crippen LogP contribution in [0.2, 0.25) is 0 Å². The Morgan fingerprint density at radius 3 is 2.65 bits per heavy atom. The number of carbonyl (C=O) groups is 1. The molecule has 5 aromatic rings. The SMILES string of the molecule is N#Cc1ccc(-c2cc(CNC(=O)[C@@H]3CCCN3S(=O)(=O)c3cc4ccccc4o3)ccn2)c(OCc2ccccc2)c1. The summed E-state index contributed by atoms with van der Waals surface area (Å²) >= 11 is 0. The first-order chi connectivity index (χ1) is 20.9. The van der Waals surface area contributed by atoms with Crippen molar-refractivity contribution in [2.24, 2.45) is 0 Å². The molecule has 2 aromatic heterocycles. The highest BCUT2D eigenvalue weighted by molar-refractivity contribution is 7.89. The van der Waals surface area contributed by atoms with Gasteiger partial charge in [-0.25, -0.2) is 8.42 Å². The molecule has 1 aliphatic rings. The van der Waals surface area contributed by atoms with Crippen LogP contribution < -0.4 is 10.1 Å². The van der Waals surface area contributed by atoms with E-state index in [4.69, 9.17) is 9.15 Å². The lowest BCUT2D eigenvalue weighted by atomic mass is 10.1. The highest BCUT2D eigenvalue weighted by Crippen LogP contribution is 2.32. The van der Waals surface area contributed by atoms with Crippen molar-refractivity contribution in [1.29, 1.82) is 5.26 Å². The smallest absolute Gasteiger partial charge is 0.277 e. The average Bonchev–Trinajstić information content (AvgIpc) is 3.72. The standard InChI is InChI=1S/C33H28N4O5S/c34-20-24-12-13-27(31(18-24)41-22-23-7-2-1-3-8-23)28-17-25(14-15-35-28)21-36-33(38)29-10-6-16-37(29)43(39,40)32-19-26-9-4-5-11-30(26)42-32/h1-5,7-9,11-15,17-19,29H,6,10,16,21-22H2,(H,36,38)/t29-/m0/s1. The van der Waals surface area contributed by atoms with Crippen LogP contribution >= 0.6 is 0 Å². The van der Waals surface area contributed by atoms with E-state index in [0.717, 1.165) is 11.1 Å². The molecule has 1 saturated heterocycles. The maximum absolute atomic E-state index is 13.4. The number of hydrogen-bond acceptors (Lipinski definition) is 7. The minimum atomic E-state index is -4.00. The number of fused-ring (bicyclic) bond motifs is 1. The Balaban J connectivity index is 1.17. The van der Waals surface area contributed by atoms with Crippen molar-refractivity contribution in [1.82, 2.24) is 14.6 Å². The molecule has 43 heavy (non-hydrogen) atoms. The maximum Gasteiger partial charge on any atom is 0.277 e. The molecule has 0 aliphatic carbocycles. The fourth-order valence-electron chi connectivity index (χ4n) is 5.19. The molecule has 0 spiro atoms. The van der Waals surface area contributed by atoms with E-state index in [1.165, 1.54) is 10.4 Å². The van der Waals surface area contributed by atoms with Crippen LogP contribution in [-0.4, -0.2) is 36.2 Å². The molecule has 10 heteroatoms. The van der Waals surface area contributed by atoms with Crippen molar-refractivity contribution in [2.45, 2.75) is 37.1 Å². The third-order valence-electron chi connectivity index (χ3n) is 7.39. The molecule has 0 radical (unpaired) electrons. The quantitative estimate of drug-likeness (QED) is 0.242. The second-order valence-corrected chi connectivity index (χ2v) is 12.1. The van der Waals surface area contributed by atoms with E-state index in [0.29, 0.717) is 53.0 Å². The van der Waals surface area contributed by atoms with Gasteiger partial charge >= 0.3 is 0 Å². The highest BCUT2D eigenvalue weighted by atomic mass is 32.2. The molecular formula is C33H28N4O5S. The minimum absolute atomic E-state index is 0.167.